The Morgan fingerprint density at radius 2 is 1.83 bits per heavy atom. The Bertz CT molecular complexity index is 414. The molecule has 7 nitrogen and oxygen atoms in total. The van der Waals surface area contributed by atoms with Crippen molar-refractivity contribution < 1.29 is 24.5 Å². The lowest BCUT2D eigenvalue weighted by Crippen LogP contribution is -2.49. The van der Waals surface area contributed by atoms with Crippen molar-refractivity contribution in [2.45, 2.75) is 77.9 Å². The van der Waals surface area contributed by atoms with Crippen LogP contribution in [0.15, 0.2) is 0 Å². The van der Waals surface area contributed by atoms with Gasteiger partial charge in [-0.25, -0.2) is 0 Å². The zero-order valence-corrected chi connectivity index (χ0v) is 15.1. The number of hydrogen-bond donors (Lipinski definition) is 4. The van der Waals surface area contributed by atoms with Crippen LogP contribution in [-0.4, -0.2) is 53.1 Å². The van der Waals surface area contributed by atoms with Gasteiger partial charge in [-0.05, 0) is 24.7 Å². The molecule has 4 N–H and O–H groups in total. The maximum absolute atomic E-state index is 12.3. The number of aliphatic hydroxyl groups excluding tert-OH is 1. The Morgan fingerprint density at radius 3 is 2.33 bits per heavy atom. The highest BCUT2D eigenvalue weighted by molar-refractivity contribution is 5.90. The fourth-order valence-electron chi connectivity index (χ4n) is 2.72. The van der Waals surface area contributed by atoms with Crippen molar-refractivity contribution in [1.29, 1.82) is 0 Å². The molecular weight excluding hydrogens is 312 g/mol. The quantitative estimate of drug-likeness (QED) is 0.323. The minimum absolute atomic E-state index is 0.206. The van der Waals surface area contributed by atoms with Crippen molar-refractivity contribution in [3.05, 3.63) is 0 Å². The van der Waals surface area contributed by atoms with Crippen molar-refractivity contribution in [2.75, 3.05) is 6.54 Å². The van der Waals surface area contributed by atoms with E-state index in [1.807, 2.05) is 13.8 Å². The molecule has 24 heavy (non-hydrogen) atoms. The van der Waals surface area contributed by atoms with Crippen molar-refractivity contribution >= 4 is 11.8 Å². The van der Waals surface area contributed by atoms with E-state index in [9.17, 15) is 9.59 Å². The van der Waals surface area contributed by atoms with Crippen LogP contribution in [0.2, 0.25) is 0 Å². The van der Waals surface area contributed by atoms with E-state index in [0.29, 0.717) is 18.9 Å². The molecule has 1 aliphatic rings. The molecule has 0 aromatic rings. The summed E-state index contributed by atoms with van der Waals surface area (Å²) < 4.78 is 4.92. The van der Waals surface area contributed by atoms with Crippen LogP contribution in [0.1, 0.15) is 53.4 Å². The molecule has 1 rings (SSSR count). The first-order valence-corrected chi connectivity index (χ1v) is 8.85. The molecule has 140 valence electrons. The van der Waals surface area contributed by atoms with Gasteiger partial charge in [0, 0.05) is 6.54 Å². The Balaban J connectivity index is 2.46. The van der Waals surface area contributed by atoms with Crippen molar-refractivity contribution in [3.8, 4) is 0 Å². The maximum atomic E-state index is 12.3. The van der Waals surface area contributed by atoms with E-state index >= 15 is 0 Å². The zero-order valence-electron chi connectivity index (χ0n) is 15.1. The van der Waals surface area contributed by atoms with Gasteiger partial charge in [0.25, 0.3) is 5.91 Å². The maximum Gasteiger partial charge on any atom is 0.252 e. The highest BCUT2D eigenvalue weighted by Crippen LogP contribution is 2.25. The van der Waals surface area contributed by atoms with Gasteiger partial charge in [0.2, 0.25) is 5.91 Å². The van der Waals surface area contributed by atoms with Gasteiger partial charge in [0.05, 0.1) is 0 Å². The highest BCUT2D eigenvalue weighted by Gasteiger charge is 2.50. The topological polar surface area (TPSA) is 111 Å². The lowest BCUT2D eigenvalue weighted by atomic mass is 10.0. The number of carbonyl (C=O) groups excluding carboxylic acids is 2. The number of aliphatic hydroxyl groups is 2. The molecule has 1 unspecified atom stereocenters. The van der Waals surface area contributed by atoms with E-state index in [1.165, 1.54) is 0 Å². The van der Waals surface area contributed by atoms with Gasteiger partial charge in [0.1, 0.15) is 12.1 Å². The second-order valence-electron chi connectivity index (χ2n) is 7.10. The third kappa shape index (κ3) is 7.15. The van der Waals surface area contributed by atoms with Gasteiger partial charge in [-0.1, -0.05) is 40.5 Å². The fraction of sp³-hybridized carbons (Fsp3) is 0.882. The van der Waals surface area contributed by atoms with E-state index in [2.05, 4.69) is 24.5 Å². The highest BCUT2D eigenvalue weighted by atomic mass is 16.6. The number of rotatable bonds is 11. The Labute approximate surface area is 144 Å². The van der Waals surface area contributed by atoms with Crippen LogP contribution < -0.4 is 10.6 Å². The molecule has 1 fully saturated rings. The average molecular weight is 344 g/mol. The summed E-state index contributed by atoms with van der Waals surface area (Å²) >= 11 is 0. The number of ether oxygens (including phenoxy) is 1. The number of epoxide rings is 1. The van der Waals surface area contributed by atoms with Crippen LogP contribution in [0.4, 0.5) is 0 Å². The number of carbonyl (C=O) groups is 2. The summed E-state index contributed by atoms with van der Waals surface area (Å²) in [6.45, 7) is 8.84. The van der Waals surface area contributed by atoms with Gasteiger partial charge in [-0.2, -0.15) is 0 Å². The van der Waals surface area contributed by atoms with Crippen molar-refractivity contribution in [2.24, 2.45) is 11.8 Å². The second kappa shape index (κ2) is 9.96. The predicted octanol–water partition coefficient (Wildman–Crippen LogP) is 0.538. The fourth-order valence-corrected chi connectivity index (χ4v) is 2.72. The molecule has 0 spiro atoms. The van der Waals surface area contributed by atoms with Crippen LogP contribution in [0.3, 0.4) is 0 Å². The third-order valence-electron chi connectivity index (χ3n) is 4.14. The summed E-state index contributed by atoms with van der Waals surface area (Å²) in [4.78, 5) is 24.4. The number of amides is 2. The minimum Gasteiger partial charge on any atom is -0.366 e. The summed E-state index contributed by atoms with van der Waals surface area (Å²) in [7, 11) is 0. The van der Waals surface area contributed by atoms with Gasteiger partial charge < -0.3 is 25.6 Å². The molecule has 1 heterocycles. The Hall–Kier alpha value is -1.18. The first-order valence-electron chi connectivity index (χ1n) is 8.85. The second-order valence-corrected chi connectivity index (χ2v) is 7.10. The smallest absolute Gasteiger partial charge is 0.252 e. The molecule has 0 aliphatic carbocycles. The summed E-state index contributed by atoms with van der Waals surface area (Å²) in [5, 5.41) is 23.5. The standard InChI is InChI=1S/C17H32N2O5/c1-5-6-11(4)7-8-18-15(20)12(9-10(2)3)19-16(21)13-14(24-13)17(22)23/h10-14,17,22-23H,5-9H2,1-4H3,(H,18,20)(H,19,21)/t11?,12-,13-,14-/m0/s1. The molecular formula is C17H32N2O5. The van der Waals surface area contributed by atoms with E-state index in [0.717, 1.165) is 19.3 Å². The lowest BCUT2D eigenvalue weighted by Gasteiger charge is -2.20. The van der Waals surface area contributed by atoms with Crippen molar-refractivity contribution in [1.82, 2.24) is 10.6 Å². The molecule has 2 amide bonds. The summed E-state index contributed by atoms with van der Waals surface area (Å²) in [5.41, 5.74) is 0. The largest absolute Gasteiger partial charge is 0.366 e. The first kappa shape index (κ1) is 20.9. The monoisotopic (exact) mass is 344 g/mol. The summed E-state index contributed by atoms with van der Waals surface area (Å²) in [6, 6.07) is -0.639. The van der Waals surface area contributed by atoms with Gasteiger partial charge >= 0.3 is 0 Å². The van der Waals surface area contributed by atoms with Gasteiger partial charge in [0.15, 0.2) is 12.4 Å². The molecule has 0 bridgehead atoms. The predicted molar refractivity (Wildman–Crippen MR) is 90.0 cm³/mol. The minimum atomic E-state index is -1.68. The van der Waals surface area contributed by atoms with Crippen LogP contribution in [0.25, 0.3) is 0 Å². The lowest BCUT2D eigenvalue weighted by molar-refractivity contribution is -0.130. The van der Waals surface area contributed by atoms with E-state index in [4.69, 9.17) is 14.9 Å². The van der Waals surface area contributed by atoms with Gasteiger partial charge in [-0.15, -0.1) is 0 Å². The Kier molecular flexibility index (Phi) is 8.66. The SMILES string of the molecule is CCCC(C)CCNC(=O)[C@H](CC(C)C)NC(=O)[C@H]1O[C@@H]1C(O)O. The molecule has 1 saturated heterocycles. The molecule has 1 aliphatic heterocycles. The van der Waals surface area contributed by atoms with Crippen LogP contribution in [-0.2, 0) is 14.3 Å². The van der Waals surface area contributed by atoms with Gasteiger partial charge in [-0.3, -0.25) is 9.59 Å². The van der Waals surface area contributed by atoms with Crippen molar-refractivity contribution in [3.63, 3.8) is 0 Å². The molecule has 0 radical (unpaired) electrons. The van der Waals surface area contributed by atoms with Crippen LogP contribution in [0, 0.1) is 11.8 Å². The average Bonchev–Trinajstić information content (AvgIpc) is 3.26. The molecule has 0 aromatic heterocycles. The third-order valence-corrected chi connectivity index (χ3v) is 4.14. The van der Waals surface area contributed by atoms with Crippen LogP contribution in [0.5, 0.6) is 0 Å². The summed E-state index contributed by atoms with van der Waals surface area (Å²) in [6.07, 6.45) is 0.206. The molecule has 0 aromatic carbocycles. The summed E-state index contributed by atoms with van der Waals surface area (Å²) in [5.74, 6) is 0.107. The van der Waals surface area contributed by atoms with E-state index < -0.39 is 30.4 Å². The molecule has 0 saturated carbocycles. The molecule has 7 heteroatoms. The number of hydrogen-bond acceptors (Lipinski definition) is 5. The van der Waals surface area contributed by atoms with E-state index in [1.54, 1.807) is 0 Å². The molecule has 4 atom stereocenters. The van der Waals surface area contributed by atoms with E-state index in [-0.39, 0.29) is 11.8 Å². The first-order chi connectivity index (χ1) is 11.3. The van der Waals surface area contributed by atoms with Crippen LogP contribution >= 0.6 is 0 Å². The Morgan fingerprint density at radius 1 is 1.17 bits per heavy atom. The zero-order chi connectivity index (χ0) is 18.3. The number of nitrogens with one attached hydrogen (secondary N) is 2. The normalized spacial score (nSPS) is 22.3.